The van der Waals surface area contributed by atoms with E-state index in [4.69, 9.17) is 11.6 Å². The molecule has 0 fully saturated rings. The molecule has 0 heterocycles. The Morgan fingerprint density at radius 1 is 1.12 bits per heavy atom. The van der Waals surface area contributed by atoms with Gasteiger partial charge in [0.25, 0.3) is 0 Å². The summed E-state index contributed by atoms with van der Waals surface area (Å²) in [6.45, 7) is -0.498. The highest BCUT2D eigenvalue weighted by Gasteiger charge is 2.21. The molecule has 0 aliphatic rings. The maximum atomic E-state index is 13.2. The minimum atomic E-state index is -3.67. The minimum Gasteiger partial charge on any atom is -0.325 e. The third-order valence-electron chi connectivity index (χ3n) is 3.26. The zero-order chi connectivity index (χ0) is 18.6. The number of carbonyl (C=O) groups is 1. The molecule has 2 aromatic carbocycles. The molecular weight excluding hydrogens is 374 g/mol. The van der Waals surface area contributed by atoms with Crippen molar-refractivity contribution in [3.05, 3.63) is 64.7 Å². The van der Waals surface area contributed by atoms with Gasteiger partial charge >= 0.3 is 0 Å². The summed E-state index contributed by atoms with van der Waals surface area (Å²) in [5.41, 5.74) is 0.680. The Morgan fingerprint density at radius 2 is 1.76 bits per heavy atom. The lowest BCUT2D eigenvalue weighted by Crippen LogP contribution is -2.36. The summed E-state index contributed by atoms with van der Waals surface area (Å²) < 4.78 is 50.8. The SMILES string of the molecule is CS(=O)(=O)N(CC(=O)Nc1ccc(F)c(F)c1)Cc1ccc(Cl)cc1. The third-order valence-corrected chi connectivity index (χ3v) is 4.71. The van der Waals surface area contributed by atoms with Crippen LogP contribution in [0.3, 0.4) is 0 Å². The zero-order valence-electron chi connectivity index (χ0n) is 13.2. The number of amides is 1. The van der Waals surface area contributed by atoms with Gasteiger partial charge in [0.15, 0.2) is 11.6 Å². The quantitative estimate of drug-likeness (QED) is 0.827. The van der Waals surface area contributed by atoms with Crippen LogP contribution in [0, 0.1) is 11.6 Å². The predicted octanol–water partition coefficient (Wildman–Crippen LogP) is 3.02. The van der Waals surface area contributed by atoms with Crippen LogP contribution in [0.15, 0.2) is 42.5 Å². The topological polar surface area (TPSA) is 66.5 Å². The average Bonchev–Trinajstić information content (AvgIpc) is 2.51. The molecule has 0 aromatic heterocycles. The number of halogens is 3. The van der Waals surface area contributed by atoms with Gasteiger partial charge in [-0.2, -0.15) is 4.31 Å². The smallest absolute Gasteiger partial charge is 0.239 e. The predicted molar refractivity (Wildman–Crippen MR) is 91.7 cm³/mol. The fourth-order valence-electron chi connectivity index (χ4n) is 2.02. The van der Waals surface area contributed by atoms with Crippen molar-refractivity contribution in [2.75, 3.05) is 18.1 Å². The summed E-state index contributed by atoms with van der Waals surface area (Å²) in [5.74, 6) is -2.83. The van der Waals surface area contributed by atoms with Crippen LogP contribution >= 0.6 is 11.6 Å². The molecule has 0 saturated heterocycles. The molecule has 25 heavy (non-hydrogen) atoms. The standard InChI is InChI=1S/C16H15ClF2N2O3S/c1-25(23,24)21(9-11-2-4-12(17)5-3-11)10-16(22)20-13-6-7-14(18)15(19)8-13/h2-8H,9-10H2,1H3,(H,20,22). The van der Waals surface area contributed by atoms with Crippen molar-refractivity contribution in [1.29, 1.82) is 0 Å². The van der Waals surface area contributed by atoms with E-state index in [-0.39, 0.29) is 12.2 Å². The Labute approximate surface area is 149 Å². The Morgan fingerprint density at radius 3 is 2.32 bits per heavy atom. The molecule has 2 aromatic rings. The van der Waals surface area contributed by atoms with Crippen LogP contribution in [0.25, 0.3) is 0 Å². The van der Waals surface area contributed by atoms with Gasteiger partial charge in [-0.1, -0.05) is 23.7 Å². The summed E-state index contributed by atoms with van der Waals surface area (Å²) in [5, 5.41) is 2.84. The molecular formula is C16H15ClF2N2O3S. The van der Waals surface area contributed by atoms with Crippen LogP contribution in [0.5, 0.6) is 0 Å². The first-order valence-electron chi connectivity index (χ1n) is 7.09. The molecule has 2 rings (SSSR count). The van der Waals surface area contributed by atoms with Crippen LogP contribution < -0.4 is 5.32 Å². The van der Waals surface area contributed by atoms with Crippen molar-refractivity contribution in [1.82, 2.24) is 4.31 Å². The van der Waals surface area contributed by atoms with Gasteiger partial charge in [0.2, 0.25) is 15.9 Å². The first kappa shape index (κ1) is 19.3. The lowest BCUT2D eigenvalue weighted by atomic mass is 10.2. The van der Waals surface area contributed by atoms with Crippen molar-refractivity contribution in [3.63, 3.8) is 0 Å². The molecule has 0 radical (unpaired) electrons. The lowest BCUT2D eigenvalue weighted by molar-refractivity contribution is -0.116. The second-order valence-corrected chi connectivity index (χ2v) is 7.75. The molecule has 0 aliphatic heterocycles. The highest BCUT2D eigenvalue weighted by Crippen LogP contribution is 2.15. The van der Waals surface area contributed by atoms with Gasteiger partial charge < -0.3 is 5.32 Å². The highest BCUT2D eigenvalue weighted by atomic mass is 35.5. The van der Waals surface area contributed by atoms with Crippen LogP contribution in [0.1, 0.15) is 5.56 Å². The fourth-order valence-corrected chi connectivity index (χ4v) is 2.88. The minimum absolute atomic E-state index is 0.0266. The van der Waals surface area contributed by atoms with Gasteiger partial charge in [-0.25, -0.2) is 17.2 Å². The molecule has 1 N–H and O–H groups in total. The van der Waals surface area contributed by atoms with Crippen molar-refractivity contribution in [2.45, 2.75) is 6.54 Å². The molecule has 134 valence electrons. The summed E-state index contributed by atoms with van der Waals surface area (Å²) in [6, 6.07) is 9.38. The lowest BCUT2D eigenvalue weighted by Gasteiger charge is -2.19. The van der Waals surface area contributed by atoms with Crippen LogP contribution in [-0.4, -0.2) is 31.4 Å². The van der Waals surface area contributed by atoms with Crippen LogP contribution in [0.4, 0.5) is 14.5 Å². The Kier molecular flexibility index (Phi) is 6.10. The van der Waals surface area contributed by atoms with E-state index < -0.39 is 34.1 Å². The first-order chi connectivity index (χ1) is 11.6. The maximum Gasteiger partial charge on any atom is 0.239 e. The Hall–Kier alpha value is -2.03. The molecule has 0 spiro atoms. The molecule has 9 heteroatoms. The molecule has 0 atom stereocenters. The second-order valence-electron chi connectivity index (χ2n) is 5.33. The molecule has 0 aliphatic carbocycles. The normalized spacial score (nSPS) is 11.6. The Balaban J connectivity index is 2.09. The van der Waals surface area contributed by atoms with E-state index in [2.05, 4.69) is 5.32 Å². The van der Waals surface area contributed by atoms with Gasteiger partial charge in [0.05, 0.1) is 12.8 Å². The zero-order valence-corrected chi connectivity index (χ0v) is 14.7. The van der Waals surface area contributed by atoms with Gasteiger partial charge in [0.1, 0.15) is 0 Å². The van der Waals surface area contributed by atoms with Gasteiger partial charge in [-0.05, 0) is 29.8 Å². The van der Waals surface area contributed by atoms with E-state index in [1.54, 1.807) is 24.3 Å². The van der Waals surface area contributed by atoms with E-state index in [0.29, 0.717) is 10.6 Å². The van der Waals surface area contributed by atoms with E-state index in [1.807, 2.05) is 0 Å². The van der Waals surface area contributed by atoms with Gasteiger partial charge in [-0.15, -0.1) is 0 Å². The summed E-state index contributed by atoms with van der Waals surface area (Å²) in [4.78, 5) is 12.1. The summed E-state index contributed by atoms with van der Waals surface area (Å²) in [6.07, 6.45) is 0.980. The molecule has 0 saturated carbocycles. The van der Waals surface area contributed by atoms with E-state index in [0.717, 1.165) is 22.7 Å². The molecule has 0 unspecified atom stereocenters. The summed E-state index contributed by atoms with van der Waals surface area (Å²) >= 11 is 5.78. The van der Waals surface area contributed by atoms with Crippen LogP contribution in [0.2, 0.25) is 5.02 Å². The number of sulfonamides is 1. The monoisotopic (exact) mass is 388 g/mol. The summed E-state index contributed by atoms with van der Waals surface area (Å²) in [7, 11) is -3.67. The number of rotatable bonds is 6. The van der Waals surface area contributed by atoms with E-state index in [9.17, 15) is 22.0 Å². The second kappa shape index (κ2) is 7.90. The van der Waals surface area contributed by atoms with Crippen molar-refractivity contribution < 1.29 is 22.0 Å². The number of carbonyl (C=O) groups excluding carboxylic acids is 1. The number of anilines is 1. The molecule has 0 bridgehead atoms. The van der Waals surface area contributed by atoms with E-state index in [1.165, 1.54) is 6.07 Å². The number of benzene rings is 2. The maximum absolute atomic E-state index is 13.2. The molecule has 5 nitrogen and oxygen atoms in total. The third kappa shape index (κ3) is 5.77. The van der Waals surface area contributed by atoms with Crippen molar-refractivity contribution in [3.8, 4) is 0 Å². The fraction of sp³-hybridized carbons (Fsp3) is 0.188. The van der Waals surface area contributed by atoms with Crippen LogP contribution in [-0.2, 0) is 21.4 Å². The van der Waals surface area contributed by atoms with Crippen molar-refractivity contribution >= 4 is 33.2 Å². The highest BCUT2D eigenvalue weighted by molar-refractivity contribution is 7.88. The first-order valence-corrected chi connectivity index (χ1v) is 9.32. The van der Waals surface area contributed by atoms with Crippen molar-refractivity contribution in [2.24, 2.45) is 0 Å². The van der Waals surface area contributed by atoms with Gasteiger partial charge in [0, 0.05) is 23.3 Å². The largest absolute Gasteiger partial charge is 0.325 e. The average molecular weight is 389 g/mol. The Bertz CT molecular complexity index is 873. The number of nitrogens with one attached hydrogen (secondary N) is 1. The number of hydrogen-bond donors (Lipinski definition) is 1. The molecule has 1 amide bonds. The number of nitrogens with zero attached hydrogens (tertiary/aromatic N) is 1. The number of hydrogen-bond acceptors (Lipinski definition) is 3. The van der Waals surface area contributed by atoms with Gasteiger partial charge in [-0.3, -0.25) is 4.79 Å². The van der Waals surface area contributed by atoms with E-state index >= 15 is 0 Å².